The van der Waals surface area contributed by atoms with E-state index in [2.05, 4.69) is 25.9 Å². The van der Waals surface area contributed by atoms with Gasteiger partial charge in [0.25, 0.3) is 5.91 Å². The third-order valence-corrected chi connectivity index (χ3v) is 5.20. The average Bonchev–Trinajstić information content (AvgIpc) is 2.84. The molecule has 1 unspecified atom stereocenters. The maximum atomic E-state index is 12.5. The second-order valence-corrected chi connectivity index (χ2v) is 7.43. The number of carbonyl (C=O) groups excluding carboxylic acids is 1. The van der Waals surface area contributed by atoms with E-state index >= 15 is 0 Å². The molecule has 4 rings (SSSR count). The van der Waals surface area contributed by atoms with Gasteiger partial charge in [0.1, 0.15) is 12.1 Å². The van der Waals surface area contributed by atoms with Gasteiger partial charge in [-0.15, -0.1) is 0 Å². The summed E-state index contributed by atoms with van der Waals surface area (Å²) in [6.07, 6.45) is 1.35. The minimum absolute atomic E-state index is 0.119. The quantitative estimate of drug-likeness (QED) is 0.327. The summed E-state index contributed by atoms with van der Waals surface area (Å²) in [5, 5.41) is 19.6. The molecule has 0 aliphatic rings. The maximum Gasteiger partial charge on any atom is 0.337 e. The number of aromatic nitrogens is 2. The van der Waals surface area contributed by atoms with E-state index in [1.165, 1.54) is 12.4 Å². The van der Waals surface area contributed by atoms with Crippen LogP contribution in [0.1, 0.15) is 32.3 Å². The highest BCUT2D eigenvalue weighted by Crippen LogP contribution is 2.27. The number of nitrogens with one attached hydrogen (secondary N) is 3. The Morgan fingerprint density at radius 1 is 0.970 bits per heavy atom. The van der Waals surface area contributed by atoms with Crippen molar-refractivity contribution in [3.63, 3.8) is 0 Å². The van der Waals surface area contributed by atoms with E-state index in [9.17, 15) is 14.7 Å². The second-order valence-electron chi connectivity index (χ2n) is 7.43. The third-order valence-electron chi connectivity index (χ3n) is 5.20. The molecule has 33 heavy (non-hydrogen) atoms. The smallest absolute Gasteiger partial charge is 0.337 e. The molecular weight excluding hydrogens is 418 g/mol. The van der Waals surface area contributed by atoms with Gasteiger partial charge in [0.05, 0.1) is 17.1 Å². The summed E-state index contributed by atoms with van der Waals surface area (Å²) in [6, 6.07) is 21.4. The molecule has 4 aromatic rings. The molecule has 0 bridgehead atoms. The zero-order valence-corrected chi connectivity index (χ0v) is 17.9. The number of fused-ring (bicyclic) bond motifs is 1. The van der Waals surface area contributed by atoms with Crippen molar-refractivity contribution < 1.29 is 14.7 Å². The van der Waals surface area contributed by atoms with Crippen molar-refractivity contribution in [1.29, 1.82) is 0 Å². The Morgan fingerprint density at radius 2 is 1.76 bits per heavy atom. The molecule has 0 aliphatic heterocycles. The van der Waals surface area contributed by atoms with Gasteiger partial charge in [-0.3, -0.25) is 4.79 Å². The standard InChI is InChI=1S/C25H23N5O3/c1-26-14-21(30-23-19-11-6-12-20(25(32)33)22(19)27-15-28-23)17-9-5-10-18(13-17)29-24(31)16-7-3-2-4-8-16/h2-13,15,21,26H,14H2,1H3,(H,29,31)(H,32,33)(H,27,28,30). The average molecular weight is 441 g/mol. The van der Waals surface area contributed by atoms with E-state index in [1.54, 1.807) is 24.3 Å². The lowest BCUT2D eigenvalue weighted by Gasteiger charge is -2.21. The minimum atomic E-state index is -1.04. The molecule has 3 aromatic carbocycles. The highest BCUT2D eigenvalue weighted by molar-refractivity contribution is 6.05. The molecule has 0 spiro atoms. The van der Waals surface area contributed by atoms with Crippen molar-refractivity contribution in [3.05, 3.63) is 95.8 Å². The van der Waals surface area contributed by atoms with Crippen LogP contribution in [0.15, 0.2) is 79.1 Å². The molecule has 0 aliphatic carbocycles. The van der Waals surface area contributed by atoms with Crippen LogP contribution in [0.5, 0.6) is 0 Å². The normalized spacial score (nSPS) is 11.7. The SMILES string of the molecule is CNCC(Nc1ncnc2c(C(=O)O)cccc12)c1cccc(NC(=O)c2ccccc2)c1. The summed E-state index contributed by atoms with van der Waals surface area (Å²) >= 11 is 0. The molecule has 0 saturated heterocycles. The summed E-state index contributed by atoms with van der Waals surface area (Å²) < 4.78 is 0. The molecule has 1 heterocycles. The Kier molecular flexibility index (Phi) is 6.56. The molecule has 8 heteroatoms. The number of carbonyl (C=O) groups is 2. The van der Waals surface area contributed by atoms with Crippen LogP contribution in [0.25, 0.3) is 10.9 Å². The van der Waals surface area contributed by atoms with E-state index in [1.807, 2.05) is 49.5 Å². The topological polar surface area (TPSA) is 116 Å². The fourth-order valence-corrected chi connectivity index (χ4v) is 3.62. The second kappa shape index (κ2) is 9.88. The van der Waals surface area contributed by atoms with Gasteiger partial charge in [0, 0.05) is 23.2 Å². The summed E-state index contributed by atoms with van der Waals surface area (Å²) in [5.41, 5.74) is 2.67. The lowest BCUT2D eigenvalue weighted by molar-refractivity contribution is 0.0698. The molecule has 0 radical (unpaired) electrons. The van der Waals surface area contributed by atoms with E-state index < -0.39 is 5.97 Å². The molecule has 1 amide bonds. The van der Waals surface area contributed by atoms with E-state index in [0.29, 0.717) is 34.5 Å². The van der Waals surface area contributed by atoms with Gasteiger partial charge >= 0.3 is 5.97 Å². The Morgan fingerprint density at radius 3 is 2.52 bits per heavy atom. The van der Waals surface area contributed by atoms with E-state index in [-0.39, 0.29) is 17.5 Å². The summed E-state index contributed by atoms with van der Waals surface area (Å²) in [5.74, 6) is -0.699. The van der Waals surface area contributed by atoms with Crippen LogP contribution in [-0.2, 0) is 0 Å². The number of likely N-dealkylation sites (N-methyl/N-ethyl adjacent to an activating group) is 1. The summed E-state index contributed by atoms with van der Waals surface area (Å²) in [6.45, 7) is 0.570. The third kappa shape index (κ3) is 4.97. The molecule has 4 N–H and O–H groups in total. The maximum absolute atomic E-state index is 12.5. The first-order valence-corrected chi connectivity index (χ1v) is 10.4. The highest BCUT2D eigenvalue weighted by atomic mass is 16.4. The number of benzene rings is 3. The molecule has 0 saturated carbocycles. The van der Waals surface area contributed by atoms with Gasteiger partial charge in [0.2, 0.25) is 0 Å². The van der Waals surface area contributed by atoms with E-state index in [0.717, 1.165) is 5.56 Å². The van der Waals surface area contributed by atoms with Crippen LogP contribution in [0.3, 0.4) is 0 Å². The summed E-state index contributed by atoms with van der Waals surface area (Å²) in [4.78, 5) is 32.6. The minimum Gasteiger partial charge on any atom is -0.478 e. The molecule has 0 fully saturated rings. The predicted octanol–water partition coefficient (Wildman–Crippen LogP) is 3.95. The van der Waals surface area contributed by atoms with Crippen LogP contribution >= 0.6 is 0 Å². The van der Waals surface area contributed by atoms with Crippen molar-refractivity contribution in [2.24, 2.45) is 0 Å². The number of aromatic carboxylic acids is 1. The Bertz CT molecular complexity index is 1290. The largest absolute Gasteiger partial charge is 0.478 e. The first-order valence-electron chi connectivity index (χ1n) is 10.4. The van der Waals surface area contributed by atoms with Gasteiger partial charge in [-0.25, -0.2) is 14.8 Å². The van der Waals surface area contributed by atoms with Gasteiger partial charge in [-0.05, 0) is 49.0 Å². The fourth-order valence-electron chi connectivity index (χ4n) is 3.62. The van der Waals surface area contributed by atoms with Crippen LogP contribution < -0.4 is 16.0 Å². The first kappa shape index (κ1) is 21.9. The lowest BCUT2D eigenvalue weighted by atomic mass is 10.0. The van der Waals surface area contributed by atoms with E-state index in [4.69, 9.17) is 0 Å². The van der Waals surface area contributed by atoms with Gasteiger partial charge in [-0.1, -0.05) is 36.4 Å². The van der Waals surface area contributed by atoms with Gasteiger partial charge < -0.3 is 21.1 Å². The van der Waals surface area contributed by atoms with Crippen LogP contribution in [0.2, 0.25) is 0 Å². The van der Waals surface area contributed by atoms with Crippen LogP contribution in [-0.4, -0.2) is 40.5 Å². The first-order chi connectivity index (χ1) is 16.1. The monoisotopic (exact) mass is 441 g/mol. The molecule has 166 valence electrons. The number of carboxylic acids is 1. The van der Waals surface area contributed by atoms with Crippen molar-refractivity contribution in [2.45, 2.75) is 6.04 Å². The van der Waals surface area contributed by atoms with Crippen molar-refractivity contribution >= 4 is 34.3 Å². The van der Waals surface area contributed by atoms with Crippen LogP contribution in [0, 0.1) is 0 Å². The fraction of sp³-hybridized carbons (Fsp3) is 0.120. The Balaban J connectivity index is 1.62. The number of hydrogen-bond donors (Lipinski definition) is 4. The Labute approximate surface area is 190 Å². The molecule has 1 aromatic heterocycles. The van der Waals surface area contributed by atoms with Gasteiger partial charge in [-0.2, -0.15) is 0 Å². The number of hydrogen-bond acceptors (Lipinski definition) is 6. The number of rotatable bonds is 8. The number of nitrogens with zero attached hydrogens (tertiary/aromatic N) is 2. The summed E-state index contributed by atoms with van der Waals surface area (Å²) in [7, 11) is 1.84. The highest BCUT2D eigenvalue weighted by Gasteiger charge is 2.17. The molecular formula is C25H23N5O3. The lowest BCUT2D eigenvalue weighted by Crippen LogP contribution is -2.24. The molecule has 1 atom stereocenters. The van der Waals surface area contributed by atoms with Crippen molar-refractivity contribution in [1.82, 2.24) is 15.3 Å². The zero-order valence-electron chi connectivity index (χ0n) is 17.9. The number of amides is 1. The van der Waals surface area contributed by atoms with Crippen molar-refractivity contribution in [3.8, 4) is 0 Å². The number of para-hydroxylation sites is 1. The number of carboxylic acid groups (broad SMARTS) is 1. The Hall–Kier alpha value is -4.30. The zero-order chi connectivity index (χ0) is 23.2. The number of anilines is 2. The molecule has 8 nitrogen and oxygen atoms in total. The van der Waals surface area contributed by atoms with Crippen molar-refractivity contribution in [2.75, 3.05) is 24.2 Å². The van der Waals surface area contributed by atoms with Crippen LogP contribution in [0.4, 0.5) is 11.5 Å². The van der Waals surface area contributed by atoms with Gasteiger partial charge in [0.15, 0.2) is 0 Å². The predicted molar refractivity (Wildman–Crippen MR) is 128 cm³/mol.